The van der Waals surface area contributed by atoms with Gasteiger partial charge in [0, 0.05) is 11.7 Å². The fourth-order valence-electron chi connectivity index (χ4n) is 1.71. The largest absolute Gasteiger partial charge is 0.468 e. The molecular weight excluding hydrogens is 325 g/mol. The topological polar surface area (TPSA) is 56.2 Å². The molecule has 2 rings (SSSR count). The number of carbonyl (C=O) groups is 1. The van der Waals surface area contributed by atoms with Crippen LogP contribution in [0.3, 0.4) is 0 Å². The number of nitrogens with one attached hydrogen (secondary N) is 1. The molecule has 7 heteroatoms. The first-order valence-electron chi connectivity index (χ1n) is 6.69. The van der Waals surface area contributed by atoms with Gasteiger partial charge in [0.1, 0.15) is 5.69 Å². The Kier molecular flexibility index (Phi) is 4.98. The third-order valence-corrected chi connectivity index (χ3v) is 3.22. The van der Waals surface area contributed by atoms with E-state index in [0.717, 1.165) is 0 Å². The first-order valence-corrected chi connectivity index (χ1v) is 7.44. The fraction of sp³-hybridized carbons (Fsp3) is 0.333. The maximum Gasteiger partial charge on any atom is 0.272 e. The second-order valence-electron chi connectivity index (χ2n) is 5.77. The first-order chi connectivity index (χ1) is 10.3. The van der Waals surface area contributed by atoms with E-state index in [1.54, 1.807) is 30.5 Å². The predicted molar refractivity (Wildman–Crippen MR) is 86.5 cm³/mol. The zero-order valence-corrected chi connectivity index (χ0v) is 14.1. The highest BCUT2D eigenvalue weighted by molar-refractivity contribution is 6.37. The molecule has 1 aromatic carbocycles. The molecule has 22 heavy (non-hydrogen) atoms. The summed E-state index contributed by atoms with van der Waals surface area (Å²) in [7, 11) is 0. The average Bonchev–Trinajstić information content (AvgIpc) is 2.85. The molecule has 0 aliphatic carbocycles. The van der Waals surface area contributed by atoms with Crippen molar-refractivity contribution in [3.8, 4) is 5.75 Å². The van der Waals surface area contributed by atoms with Crippen molar-refractivity contribution >= 4 is 29.1 Å². The minimum Gasteiger partial charge on any atom is -0.468 e. The second kappa shape index (κ2) is 6.58. The summed E-state index contributed by atoms with van der Waals surface area (Å²) >= 11 is 12.0. The second-order valence-corrected chi connectivity index (χ2v) is 6.58. The standard InChI is InChI=1S/C15H17Cl2N3O2/c1-15(2,3)18-14(21)12-7-8-20(19-12)9-22-13-10(16)5-4-6-11(13)17/h4-8H,9H2,1-3H3,(H,18,21). The Morgan fingerprint density at radius 2 is 1.91 bits per heavy atom. The molecule has 0 unspecified atom stereocenters. The third kappa shape index (κ3) is 4.39. The van der Waals surface area contributed by atoms with Gasteiger partial charge in [-0.1, -0.05) is 29.3 Å². The van der Waals surface area contributed by atoms with Gasteiger partial charge in [0.15, 0.2) is 12.5 Å². The number of hydrogen-bond donors (Lipinski definition) is 1. The summed E-state index contributed by atoms with van der Waals surface area (Å²) in [4.78, 5) is 12.0. The molecule has 0 aliphatic rings. The van der Waals surface area contributed by atoms with Gasteiger partial charge in [0.05, 0.1) is 10.0 Å². The van der Waals surface area contributed by atoms with E-state index < -0.39 is 0 Å². The summed E-state index contributed by atoms with van der Waals surface area (Å²) < 4.78 is 7.05. The lowest BCUT2D eigenvalue weighted by Crippen LogP contribution is -2.40. The Hall–Kier alpha value is -1.72. The van der Waals surface area contributed by atoms with E-state index >= 15 is 0 Å². The van der Waals surface area contributed by atoms with Crippen LogP contribution >= 0.6 is 23.2 Å². The van der Waals surface area contributed by atoms with E-state index in [9.17, 15) is 4.79 Å². The van der Waals surface area contributed by atoms with Crippen molar-refractivity contribution in [1.29, 1.82) is 0 Å². The van der Waals surface area contributed by atoms with Crippen LogP contribution in [-0.2, 0) is 6.73 Å². The summed E-state index contributed by atoms with van der Waals surface area (Å²) in [6.07, 6.45) is 1.66. The quantitative estimate of drug-likeness (QED) is 0.921. The normalized spacial score (nSPS) is 11.3. The molecule has 1 N–H and O–H groups in total. The van der Waals surface area contributed by atoms with Gasteiger partial charge in [-0.15, -0.1) is 0 Å². The molecular formula is C15H17Cl2N3O2. The smallest absolute Gasteiger partial charge is 0.272 e. The van der Waals surface area contributed by atoms with Crippen LogP contribution in [-0.4, -0.2) is 21.2 Å². The lowest BCUT2D eigenvalue weighted by Gasteiger charge is -2.19. The van der Waals surface area contributed by atoms with Crippen LogP contribution in [0, 0.1) is 0 Å². The zero-order valence-electron chi connectivity index (χ0n) is 12.6. The summed E-state index contributed by atoms with van der Waals surface area (Å²) in [5.74, 6) is 0.157. The maximum absolute atomic E-state index is 12.0. The molecule has 1 aromatic heterocycles. The maximum atomic E-state index is 12.0. The Labute approximate surface area is 139 Å². The number of aromatic nitrogens is 2. The fourth-order valence-corrected chi connectivity index (χ4v) is 2.22. The molecule has 0 aliphatic heterocycles. The van der Waals surface area contributed by atoms with E-state index in [0.29, 0.717) is 21.5 Å². The third-order valence-electron chi connectivity index (χ3n) is 2.62. The Bertz CT molecular complexity index is 657. The number of amides is 1. The predicted octanol–water partition coefficient (Wildman–Crippen LogP) is 3.75. The molecule has 0 atom stereocenters. The Morgan fingerprint density at radius 1 is 1.27 bits per heavy atom. The molecule has 118 valence electrons. The molecule has 0 bridgehead atoms. The van der Waals surface area contributed by atoms with Gasteiger partial charge in [-0.25, -0.2) is 4.68 Å². The van der Waals surface area contributed by atoms with Gasteiger partial charge in [0.25, 0.3) is 5.91 Å². The van der Waals surface area contributed by atoms with Gasteiger partial charge in [-0.3, -0.25) is 4.79 Å². The van der Waals surface area contributed by atoms with Gasteiger partial charge >= 0.3 is 0 Å². The van der Waals surface area contributed by atoms with Crippen LogP contribution in [0.4, 0.5) is 0 Å². The van der Waals surface area contributed by atoms with Crippen LogP contribution in [0.15, 0.2) is 30.5 Å². The minimum absolute atomic E-state index is 0.103. The average molecular weight is 342 g/mol. The first kappa shape index (κ1) is 16.6. The van der Waals surface area contributed by atoms with Crippen molar-refractivity contribution in [2.24, 2.45) is 0 Å². The summed E-state index contributed by atoms with van der Waals surface area (Å²) in [6.45, 7) is 5.82. The minimum atomic E-state index is -0.317. The van der Waals surface area contributed by atoms with E-state index in [1.807, 2.05) is 20.8 Å². The lowest BCUT2D eigenvalue weighted by molar-refractivity contribution is 0.0912. The Morgan fingerprint density at radius 3 is 2.50 bits per heavy atom. The van der Waals surface area contributed by atoms with Gasteiger partial charge in [0.2, 0.25) is 0 Å². The number of nitrogens with zero attached hydrogens (tertiary/aromatic N) is 2. The van der Waals surface area contributed by atoms with E-state index in [-0.39, 0.29) is 18.2 Å². The molecule has 2 aromatic rings. The molecule has 0 spiro atoms. The van der Waals surface area contributed by atoms with E-state index in [2.05, 4.69) is 10.4 Å². The summed E-state index contributed by atoms with van der Waals surface area (Å²) in [6, 6.07) is 6.74. The number of para-hydroxylation sites is 1. The van der Waals surface area contributed by atoms with E-state index in [1.165, 1.54) is 4.68 Å². The molecule has 1 amide bonds. The highest BCUT2D eigenvalue weighted by Gasteiger charge is 2.17. The summed E-state index contributed by atoms with van der Waals surface area (Å²) in [5, 5.41) is 7.85. The van der Waals surface area contributed by atoms with Crippen LogP contribution in [0.2, 0.25) is 10.0 Å². The van der Waals surface area contributed by atoms with Crippen LogP contribution in [0.5, 0.6) is 5.75 Å². The van der Waals surface area contributed by atoms with Crippen molar-refractivity contribution < 1.29 is 9.53 Å². The number of benzene rings is 1. The van der Waals surface area contributed by atoms with Crippen LogP contribution in [0.1, 0.15) is 31.3 Å². The number of halogens is 2. The van der Waals surface area contributed by atoms with Crippen molar-refractivity contribution in [2.45, 2.75) is 33.0 Å². The van der Waals surface area contributed by atoms with Crippen molar-refractivity contribution in [1.82, 2.24) is 15.1 Å². The highest BCUT2D eigenvalue weighted by Crippen LogP contribution is 2.32. The molecule has 0 fully saturated rings. The molecule has 5 nitrogen and oxygen atoms in total. The summed E-state index contributed by atoms with van der Waals surface area (Å²) in [5.41, 5.74) is 0.00593. The van der Waals surface area contributed by atoms with Gasteiger partial charge in [-0.2, -0.15) is 5.10 Å². The van der Waals surface area contributed by atoms with E-state index in [4.69, 9.17) is 27.9 Å². The van der Waals surface area contributed by atoms with Crippen molar-refractivity contribution in [3.63, 3.8) is 0 Å². The zero-order chi connectivity index (χ0) is 16.3. The molecule has 0 radical (unpaired) electrons. The molecule has 0 saturated carbocycles. The molecule has 1 heterocycles. The van der Waals surface area contributed by atoms with Gasteiger partial charge < -0.3 is 10.1 Å². The lowest BCUT2D eigenvalue weighted by atomic mass is 10.1. The monoisotopic (exact) mass is 341 g/mol. The SMILES string of the molecule is CC(C)(C)NC(=O)c1ccn(COc2c(Cl)cccc2Cl)n1. The van der Waals surface area contributed by atoms with Crippen molar-refractivity contribution in [3.05, 3.63) is 46.2 Å². The highest BCUT2D eigenvalue weighted by atomic mass is 35.5. The van der Waals surface area contributed by atoms with Crippen LogP contribution in [0.25, 0.3) is 0 Å². The number of ether oxygens (including phenoxy) is 1. The van der Waals surface area contributed by atoms with Crippen molar-refractivity contribution in [2.75, 3.05) is 0 Å². The number of rotatable bonds is 4. The Balaban J connectivity index is 2.02. The van der Waals surface area contributed by atoms with Gasteiger partial charge in [-0.05, 0) is 39.0 Å². The van der Waals surface area contributed by atoms with Crippen LogP contribution < -0.4 is 10.1 Å². The number of carbonyl (C=O) groups excluding carboxylic acids is 1. The number of hydrogen-bond acceptors (Lipinski definition) is 3. The molecule has 0 saturated heterocycles.